The number of halogens is 3. The fourth-order valence-corrected chi connectivity index (χ4v) is 1.55. The van der Waals surface area contributed by atoms with Crippen LogP contribution in [0.15, 0.2) is 5.16 Å². The van der Waals surface area contributed by atoms with Gasteiger partial charge in [-0.2, -0.15) is 18.4 Å². The maximum Gasteiger partial charge on any atom is 0.451 e. The first-order valence-corrected chi connectivity index (χ1v) is 4.77. The summed E-state index contributed by atoms with van der Waals surface area (Å²) in [6.45, 7) is 1.58. The highest BCUT2D eigenvalue weighted by molar-refractivity contribution is 8.00. The van der Waals surface area contributed by atoms with Crippen LogP contribution in [0, 0.1) is 11.3 Å². The van der Waals surface area contributed by atoms with Crippen molar-refractivity contribution in [1.82, 2.24) is 14.8 Å². The van der Waals surface area contributed by atoms with Gasteiger partial charge in [0.15, 0.2) is 5.16 Å². The molecule has 1 aromatic rings. The molecule has 0 aliphatic heterocycles. The zero-order valence-electron chi connectivity index (χ0n) is 7.91. The largest absolute Gasteiger partial charge is 0.451 e. The standard InChI is InChI=1S/C7H7F3N4S/c1-4(3-11)15-6-13-12-5(14(6)2)7(8,9)10/h4H,1-2H3/t4-/m0/s1. The SMILES string of the molecule is C[C@@H](C#N)Sc1nnc(C(F)(F)F)n1C. The number of nitrogens with zero attached hydrogens (tertiary/aromatic N) is 4. The quantitative estimate of drug-likeness (QED) is 0.735. The van der Waals surface area contributed by atoms with Crippen LogP contribution < -0.4 is 0 Å². The molecular weight excluding hydrogens is 229 g/mol. The van der Waals surface area contributed by atoms with Crippen LogP contribution >= 0.6 is 11.8 Å². The van der Waals surface area contributed by atoms with Gasteiger partial charge in [-0.1, -0.05) is 11.8 Å². The molecule has 1 aromatic heterocycles. The molecule has 1 atom stereocenters. The van der Waals surface area contributed by atoms with Crippen LogP contribution in [0.1, 0.15) is 12.7 Å². The lowest BCUT2D eigenvalue weighted by atomic mass is 10.5. The van der Waals surface area contributed by atoms with Crippen LogP contribution in [-0.4, -0.2) is 20.0 Å². The summed E-state index contributed by atoms with van der Waals surface area (Å²) in [5.41, 5.74) is 0. The van der Waals surface area contributed by atoms with Crippen molar-refractivity contribution in [3.8, 4) is 6.07 Å². The van der Waals surface area contributed by atoms with Crippen molar-refractivity contribution in [2.45, 2.75) is 23.5 Å². The average Bonchev–Trinajstić information content (AvgIpc) is 2.47. The van der Waals surface area contributed by atoms with Crippen LogP contribution in [0.2, 0.25) is 0 Å². The summed E-state index contributed by atoms with van der Waals surface area (Å²) in [7, 11) is 1.22. The highest BCUT2D eigenvalue weighted by Gasteiger charge is 2.37. The Morgan fingerprint density at radius 3 is 2.47 bits per heavy atom. The number of alkyl halides is 3. The topological polar surface area (TPSA) is 54.5 Å². The van der Waals surface area contributed by atoms with E-state index in [9.17, 15) is 13.2 Å². The number of thioether (sulfide) groups is 1. The van der Waals surface area contributed by atoms with Crippen molar-refractivity contribution in [2.75, 3.05) is 0 Å². The van der Waals surface area contributed by atoms with Gasteiger partial charge in [0.05, 0.1) is 11.3 Å². The van der Waals surface area contributed by atoms with Gasteiger partial charge in [0.25, 0.3) is 0 Å². The number of rotatable bonds is 2. The van der Waals surface area contributed by atoms with Crippen molar-refractivity contribution in [2.24, 2.45) is 7.05 Å². The molecule has 0 fully saturated rings. The summed E-state index contributed by atoms with van der Waals surface area (Å²) in [4.78, 5) is 0. The lowest BCUT2D eigenvalue weighted by Crippen LogP contribution is -2.13. The Morgan fingerprint density at radius 1 is 1.47 bits per heavy atom. The Morgan fingerprint density at radius 2 is 2.07 bits per heavy atom. The molecule has 0 saturated carbocycles. The predicted molar refractivity (Wildman–Crippen MR) is 46.9 cm³/mol. The summed E-state index contributed by atoms with van der Waals surface area (Å²) in [5, 5.41) is 14.5. The number of aromatic nitrogens is 3. The molecule has 1 rings (SSSR count). The van der Waals surface area contributed by atoms with E-state index in [-0.39, 0.29) is 5.16 Å². The monoisotopic (exact) mass is 236 g/mol. The molecule has 0 aliphatic rings. The zero-order valence-corrected chi connectivity index (χ0v) is 8.72. The second-order valence-electron chi connectivity index (χ2n) is 2.75. The first kappa shape index (κ1) is 11.8. The van der Waals surface area contributed by atoms with Gasteiger partial charge in [-0.15, -0.1) is 10.2 Å². The van der Waals surface area contributed by atoms with Crippen molar-refractivity contribution < 1.29 is 13.2 Å². The molecule has 82 valence electrons. The third-order valence-corrected chi connectivity index (χ3v) is 2.58. The second kappa shape index (κ2) is 4.10. The Labute approximate surface area is 88.1 Å². The molecule has 0 bridgehead atoms. The first-order valence-electron chi connectivity index (χ1n) is 3.89. The van der Waals surface area contributed by atoms with Gasteiger partial charge in [-0.05, 0) is 6.92 Å². The van der Waals surface area contributed by atoms with E-state index in [2.05, 4.69) is 10.2 Å². The smallest absolute Gasteiger partial charge is 0.301 e. The minimum Gasteiger partial charge on any atom is -0.301 e. The molecule has 0 amide bonds. The van der Waals surface area contributed by atoms with Gasteiger partial charge in [0, 0.05) is 7.05 Å². The molecule has 1 heterocycles. The number of nitriles is 1. The molecular formula is C7H7F3N4S. The Kier molecular flexibility index (Phi) is 3.24. The van der Waals surface area contributed by atoms with E-state index < -0.39 is 17.3 Å². The van der Waals surface area contributed by atoms with E-state index in [1.807, 2.05) is 6.07 Å². The van der Waals surface area contributed by atoms with Gasteiger partial charge < -0.3 is 4.57 Å². The highest BCUT2D eigenvalue weighted by atomic mass is 32.2. The van der Waals surface area contributed by atoms with Gasteiger partial charge in [0.1, 0.15) is 0 Å². The first-order chi connectivity index (χ1) is 6.86. The summed E-state index contributed by atoms with van der Waals surface area (Å²) in [6.07, 6.45) is -4.52. The van der Waals surface area contributed by atoms with Gasteiger partial charge in [0.2, 0.25) is 5.82 Å². The molecule has 0 radical (unpaired) electrons. The van der Waals surface area contributed by atoms with E-state index in [1.54, 1.807) is 6.92 Å². The molecule has 0 spiro atoms. The fourth-order valence-electron chi connectivity index (χ4n) is 0.849. The fraction of sp³-hybridized carbons (Fsp3) is 0.571. The highest BCUT2D eigenvalue weighted by Crippen LogP contribution is 2.30. The van der Waals surface area contributed by atoms with Crippen molar-refractivity contribution in [3.05, 3.63) is 5.82 Å². The van der Waals surface area contributed by atoms with Gasteiger partial charge in [-0.3, -0.25) is 0 Å². The molecule has 0 saturated heterocycles. The van der Waals surface area contributed by atoms with E-state index in [4.69, 9.17) is 5.26 Å². The van der Waals surface area contributed by atoms with Gasteiger partial charge in [-0.25, -0.2) is 0 Å². The Balaban J connectivity index is 2.96. The van der Waals surface area contributed by atoms with Crippen LogP contribution in [0.5, 0.6) is 0 Å². The third kappa shape index (κ3) is 2.62. The van der Waals surface area contributed by atoms with Crippen LogP contribution in [0.25, 0.3) is 0 Å². The number of hydrogen-bond acceptors (Lipinski definition) is 4. The molecule has 8 heteroatoms. The van der Waals surface area contributed by atoms with Crippen LogP contribution in [0.3, 0.4) is 0 Å². The maximum absolute atomic E-state index is 12.3. The summed E-state index contributed by atoms with van der Waals surface area (Å²) < 4.78 is 37.7. The average molecular weight is 236 g/mol. The molecule has 0 unspecified atom stereocenters. The lowest BCUT2D eigenvalue weighted by Gasteiger charge is -2.06. The molecule has 0 aliphatic carbocycles. The Bertz CT molecular complexity index is 392. The lowest BCUT2D eigenvalue weighted by molar-refractivity contribution is -0.147. The van der Waals surface area contributed by atoms with Crippen molar-refractivity contribution >= 4 is 11.8 Å². The number of hydrogen-bond donors (Lipinski definition) is 0. The summed E-state index contributed by atoms with van der Waals surface area (Å²) in [6, 6.07) is 1.89. The predicted octanol–water partition coefficient (Wildman–Crippen LogP) is 1.84. The van der Waals surface area contributed by atoms with E-state index in [1.165, 1.54) is 7.05 Å². The Hall–Kier alpha value is -1.23. The third-order valence-electron chi connectivity index (χ3n) is 1.55. The summed E-state index contributed by atoms with van der Waals surface area (Å²) >= 11 is 0.935. The molecule has 0 N–H and O–H groups in total. The second-order valence-corrected chi connectivity index (χ2v) is 4.06. The zero-order chi connectivity index (χ0) is 11.6. The molecule has 0 aromatic carbocycles. The molecule has 4 nitrogen and oxygen atoms in total. The van der Waals surface area contributed by atoms with Crippen LogP contribution in [0.4, 0.5) is 13.2 Å². The minimum atomic E-state index is -4.52. The van der Waals surface area contributed by atoms with Crippen LogP contribution in [-0.2, 0) is 13.2 Å². The van der Waals surface area contributed by atoms with E-state index in [0.29, 0.717) is 0 Å². The van der Waals surface area contributed by atoms with Crippen molar-refractivity contribution in [3.63, 3.8) is 0 Å². The van der Waals surface area contributed by atoms with Gasteiger partial charge >= 0.3 is 6.18 Å². The normalized spacial score (nSPS) is 13.6. The summed E-state index contributed by atoms with van der Waals surface area (Å²) in [5.74, 6) is -1.06. The maximum atomic E-state index is 12.3. The van der Waals surface area contributed by atoms with E-state index in [0.717, 1.165) is 16.3 Å². The van der Waals surface area contributed by atoms with E-state index >= 15 is 0 Å². The van der Waals surface area contributed by atoms with Crippen molar-refractivity contribution in [1.29, 1.82) is 5.26 Å². The minimum absolute atomic E-state index is 0.0800. The molecule has 15 heavy (non-hydrogen) atoms.